The number of fused-ring (bicyclic) bond motifs is 6. The van der Waals surface area contributed by atoms with Crippen molar-refractivity contribution in [1.82, 2.24) is 0 Å². The highest BCUT2D eigenvalue weighted by molar-refractivity contribution is 6.08. The Labute approximate surface area is 275 Å². The van der Waals surface area contributed by atoms with E-state index in [1.54, 1.807) is 0 Å². The standard InChI is InChI=1S/C45H33NO/c1-45(2)40-28-39-36-22-9-10-25-42(36)47-43(39)29-38(40)37-23-13-24-41(44(37)45)46(34-20-11-18-32(26-34)30-14-5-3-6-15-30)35-21-12-19-33(27-35)31-16-7-4-8-17-31/h3-29H,1-2H3. The minimum atomic E-state index is -0.250. The normalized spacial score (nSPS) is 13.1. The molecule has 0 radical (unpaired) electrons. The van der Waals surface area contributed by atoms with E-state index in [9.17, 15) is 0 Å². The van der Waals surface area contributed by atoms with Crippen LogP contribution in [-0.2, 0) is 5.41 Å². The molecule has 0 saturated heterocycles. The monoisotopic (exact) mass is 603 g/mol. The van der Waals surface area contributed by atoms with Crippen LogP contribution >= 0.6 is 0 Å². The highest BCUT2D eigenvalue weighted by Gasteiger charge is 2.39. The summed E-state index contributed by atoms with van der Waals surface area (Å²) in [5, 5.41) is 2.33. The zero-order valence-electron chi connectivity index (χ0n) is 26.4. The molecule has 0 fully saturated rings. The predicted molar refractivity (Wildman–Crippen MR) is 197 cm³/mol. The van der Waals surface area contributed by atoms with E-state index in [-0.39, 0.29) is 5.41 Å². The Balaban J connectivity index is 1.28. The summed E-state index contributed by atoms with van der Waals surface area (Å²) < 4.78 is 6.38. The van der Waals surface area contributed by atoms with Crippen LogP contribution in [0.15, 0.2) is 168 Å². The molecule has 1 aliphatic rings. The number of para-hydroxylation sites is 1. The second kappa shape index (κ2) is 10.6. The molecule has 0 amide bonds. The van der Waals surface area contributed by atoms with Crippen molar-refractivity contribution in [3.8, 4) is 33.4 Å². The van der Waals surface area contributed by atoms with Gasteiger partial charge in [-0.05, 0) is 93.0 Å². The fourth-order valence-corrected chi connectivity index (χ4v) is 7.59. The first-order valence-corrected chi connectivity index (χ1v) is 16.3. The summed E-state index contributed by atoms with van der Waals surface area (Å²) >= 11 is 0. The third-order valence-electron chi connectivity index (χ3n) is 9.81. The van der Waals surface area contributed by atoms with Gasteiger partial charge in [-0.15, -0.1) is 0 Å². The van der Waals surface area contributed by atoms with Gasteiger partial charge in [-0.1, -0.05) is 129 Å². The average Bonchev–Trinajstić information content (AvgIpc) is 3.60. The average molecular weight is 604 g/mol. The molecule has 0 unspecified atom stereocenters. The minimum absolute atomic E-state index is 0.250. The van der Waals surface area contributed by atoms with Gasteiger partial charge in [0.05, 0.1) is 5.69 Å². The molecule has 7 aromatic carbocycles. The highest BCUT2D eigenvalue weighted by Crippen LogP contribution is 2.55. The van der Waals surface area contributed by atoms with E-state index in [0.29, 0.717) is 0 Å². The van der Waals surface area contributed by atoms with Gasteiger partial charge in [-0.2, -0.15) is 0 Å². The van der Waals surface area contributed by atoms with Crippen molar-refractivity contribution in [3.63, 3.8) is 0 Å². The van der Waals surface area contributed by atoms with Crippen LogP contribution in [0.3, 0.4) is 0 Å². The molecule has 1 aromatic heterocycles. The van der Waals surface area contributed by atoms with E-state index in [1.165, 1.54) is 55.6 Å². The van der Waals surface area contributed by atoms with Gasteiger partial charge in [0, 0.05) is 27.6 Å². The number of anilines is 3. The molecule has 9 rings (SSSR count). The maximum atomic E-state index is 6.38. The molecule has 0 N–H and O–H groups in total. The predicted octanol–water partition coefficient (Wildman–Crippen LogP) is 12.7. The van der Waals surface area contributed by atoms with Crippen molar-refractivity contribution < 1.29 is 4.42 Å². The highest BCUT2D eigenvalue weighted by atomic mass is 16.3. The molecular weight excluding hydrogens is 571 g/mol. The van der Waals surface area contributed by atoms with Gasteiger partial charge >= 0.3 is 0 Å². The van der Waals surface area contributed by atoms with Crippen LogP contribution in [0.5, 0.6) is 0 Å². The van der Waals surface area contributed by atoms with Crippen LogP contribution in [0.2, 0.25) is 0 Å². The maximum Gasteiger partial charge on any atom is 0.136 e. The molecule has 0 atom stereocenters. The number of hydrogen-bond acceptors (Lipinski definition) is 2. The van der Waals surface area contributed by atoms with Crippen molar-refractivity contribution in [2.24, 2.45) is 0 Å². The van der Waals surface area contributed by atoms with E-state index in [2.05, 4.69) is 176 Å². The lowest BCUT2D eigenvalue weighted by molar-refractivity contribution is 0.658. The van der Waals surface area contributed by atoms with Gasteiger partial charge in [-0.3, -0.25) is 0 Å². The van der Waals surface area contributed by atoms with Crippen LogP contribution in [-0.4, -0.2) is 0 Å². The lowest BCUT2D eigenvalue weighted by atomic mass is 9.80. The van der Waals surface area contributed by atoms with Gasteiger partial charge in [0.25, 0.3) is 0 Å². The Bertz CT molecular complexity index is 2350. The smallest absolute Gasteiger partial charge is 0.136 e. The first-order chi connectivity index (χ1) is 23.1. The van der Waals surface area contributed by atoms with E-state index in [1.807, 2.05) is 6.07 Å². The summed E-state index contributed by atoms with van der Waals surface area (Å²) in [6.45, 7) is 4.74. The molecule has 224 valence electrons. The van der Waals surface area contributed by atoms with Crippen molar-refractivity contribution >= 4 is 39.0 Å². The Morgan fingerprint density at radius 2 is 1.02 bits per heavy atom. The van der Waals surface area contributed by atoms with Gasteiger partial charge in [0.1, 0.15) is 11.2 Å². The molecule has 2 nitrogen and oxygen atoms in total. The Kier molecular flexibility index (Phi) is 6.20. The summed E-state index contributed by atoms with van der Waals surface area (Å²) in [4.78, 5) is 2.45. The summed E-state index contributed by atoms with van der Waals surface area (Å²) in [6, 6.07) is 58.9. The Morgan fingerprint density at radius 3 is 1.68 bits per heavy atom. The number of nitrogens with zero attached hydrogens (tertiary/aromatic N) is 1. The number of furan rings is 1. The molecule has 1 aliphatic carbocycles. The van der Waals surface area contributed by atoms with E-state index in [0.717, 1.165) is 27.9 Å². The van der Waals surface area contributed by atoms with Gasteiger partial charge in [-0.25, -0.2) is 0 Å². The first-order valence-electron chi connectivity index (χ1n) is 16.3. The second-order valence-electron chi connectivity index (χ2n) is 13.0. The first kappa shape index (κ1) is 27.5. The second-order valence-corrected chi connectivity index (χ2v) is 13.0. The molecule has 0 aliphatic heterocycles. The Hall–Kier alpha value is -5.86. The minimum Gasteiger partial charge on any atom is -0.456 e. The van der Waals surface area contributed by atoms with Crippen molar-refractivity contribution in [3.05, 3.63) is 175 Å². The molecule has 2 heteroatoms. The molecule has 0 saturated carbocycles. The third kappa shape index (κ3) is 4.40. The summed E-state index contributed by atoms with van der Waals surface area (Å²) in [5.74, 6) is 0. The third-order valence-corrected chi connectivity index (χ3v) is 9.81. The Morgan fingerprint density at radius 1 is 0.447 bits per heavy atom. The van der Waals surface area contributed by atoms with Crippen LogP contribution in [0.4, 0.5) is 17.1 Å². The summed E-state index contributed by atoms with van der Waals surface area (Å²) in [7, 11) is 0. The van der Waals surface area contributed by atoms with Gasteiger partial charge < -0.3 is 9.32 Å². The van der Waals surface area contributed by atoms with Crippen LogP contribution in [0, 0.1) is 0 Å². The fourth-order valence-electron chi connectivity index (χ4n) is 7.59. The van der Waals surface area contributed by atoms with Gasteiger partial charge in [0.15, 0.2) is 0 Å². The van der Waals surface area contributed by atoms with Crippen LogP contribution in [0.1, 0.15) is 25.0 Å². The van der Waals surface area contributed by atoms with Crippen molar-refractivity contribution in [2.75, 3.05) is 4.90 Å². The SMILES string of the molecule is CC1(C)c2cc3c(cc2-c2cccc(N(c4cccc(-c5ccccc5)c4)c4cccc(-c5ccccc5)c4)c21)oc1ccccc13. The van der Waals surface area contributed by atoms with E-state index >= 15 is 0 Å². The van der Waals surface area contributed by atoms with Crippen molar-refractivity contribution in [2.45, 2.75) is 19.3 Å². The number of rotatable bonds is 5. The molecular formula is C45H33NO. The van der Waals surface area contributed by atoms with Crippen LogP contribution < -0.4 is 4.90 Å². The summed E-state index contributed by atoms with van der Waals surface area (Å²) in [5.41, 5.74) is 15.0. The maximum absolute atomic E-state index is 6.38. The van der Waals surface area contributed by atoms with E-state index in [4.69, 9.17) is 4.42 Å². The lowest BCUT2D eigenvalue weighted by Crippen LogP contribution is -2.20. The molecule has 47 heavy (non-hydrogen) atoms. The van der Waals surface area contributed by atoms with Crippen molar-refractivity contribution in [1.29, 1.82) is 0 Å². The molecule has 1 heterocycles. The lowest BCUT2D eigenvalue weighted by Gasteiger charge is -2.32. The van der Waals surface area contributed by atoms with Gasteiger partial charge in [0.2, 0.25) is 0 Å². The molecule has 0 bridgehead atoms. The molecule has 8 aromatic rings. The molecule has 0 spiro atoms. The zero-order valence-corrected chi connectivity index (χ0v) is 26.4. The number of hydrogen-bond donors (Lipinski definition) is 0. The van der Waals surface area contributed by atoms with Crippen LogP contribution in [0.25, 0.3) is 55.3 Å². The largest absolute Gasteiger partial charge is 0.456 e. The summed E-state index contributed by atoms with van der Waals surface area (Å²) in [6.07, 6.45) is 0. The number of benzene rings is 7. The fraction of sp³-hybridized carbons (Fsp3) is 0.0667. The topological polar surface area (TPSA) is 16.4 Å². The quantitative estimate of drug-likeness (QED) is 0.195. The van der Waals surface area contributed by atoms with E-state index < -0.39 is 0 Å². The zero-order chi connectivity index (χ0) is 31.5.